The molecule has 0 aliphatic rings. The molecule has 216 valence electrons. The van der Waals surface area contributed by atoms with Crippen molar-refractivity contribution in [2.45, 2.75) is 32.4 Å². The number of benzene rings is 3. The molecule has 0 bridgehead atoms. The van der Waals surface area contributed by atoms with Crippen molar-refractivity contribution in [3.05, 3.63) is 101 Å². The molecule has 0 saturated carbocycles. The van der Waals surface area contributed by atoms with Crippen molar-refractivity contribution in [1.82, 2.24) is 4.57 Å². The fraction of sp³-hybridized carbons (Fsp3) is 0.241. The minimum atomic E-state index is -4.44. The number of halogens is 6. The first-order valence-corrected chi connectivity index (χ1v) is 12.3. The van der Waals surface area contributed by atoms with E-state index in [0.717, 1.165) is 24.3 Å². The molecule has 6 nitrogen and oxygen atoms in total. The second-order valence-corrected chi connectivity index (χ2v) is 8.88. The van der Waals surface area contributed by atoms with E-state index < -0.39 is 29.4 Å². The Labute approximate surface area is 230 Å². The van der Waals surface area contributed by atoms with Crippen LogP contribution in [0.3, 0.4) is 0 Å². The van der Waals surface area contributed by atoms with Crippen molar-refractivity contribution < 1.29 is 45.4 Å². The zero-order valence-electron chi connectivity index (χ0n) is 21.6. The quantitative estimate of drug-likeness (QED) is 0.0863. The van der Waals surface area contributed by atoms with Gasteiger partial charge in [0.25, 0.3) is 0 Å². The maximum Gasteiger partial charge on any atom is 0.416 e. The number of alkyl halides is 6. The molecule has 1 aromatic heterocycles. The van der Waals surface area contributed by atoms with E-state index in [-0.39, 0.29) is 26.4 Å². The first kappa shape index (κ1) is 29.5. The van der Waals surface area contributed by atoms with Gasteiger partial charge in [0.1, 0.15) is 12.4 Å². The molecule has 0 aliphatic heterocycles. The third kappa shape index (κ3) is 7.80. The first-order valence-electron chi connectivity index (χ1n) is 12.3. The summed E-state index contributed by atoms with van der Waals surface area (Å²) >= 11 is 0. The Kier molecular flexibility index (Phi) is 8.89. The Morgan fingerprint density at radius 3 is 2.07 bits per heavy atom. The van der Waals surface area contributed by atoms with E-state index in [4.69, 9.17) is 14.3 Å². The lowest BCUT2D eigenvalue weighted by Crippen LogP contribution is -2.14. The van der Waals surface area contributed by atoms with Gasteiger partial charge in [-0.25, -0.2) is 4.79 Å². The largest absolute Gasteiger partial charge is 0.482 e. The molecule has 41 heavy (non-hydrogen) atoms. The fourth-order valence-corrected chi connectivity index (χ4v) is 3.96. The average Bonchev–Trinajstić information content (AvgIpc) is 3.26. The molecule has 0 saturated heterocycles. The molecule has 12 heteroatoms. The number of esters is 1. The van der Waals surface area contributed by atoms with Gasteiger partial charge in [-0.05, 0) is 60.5 Å². The maximum atomic E-state index is 13.0. The molecule has 4 rings (SSSR count). The molecule has 0 N–H and O–H groups in total. The van der Waals surface area contributed by atoms with E-state index in [9.17, 15) is 31.1 Å². The van der Waals surface area contributed by atoms with Crippen molar-refractivity contribution in [3.63, 3.8) is 0 Å². The van der Waals surface area contributed by atoms with E-state index in [1.807, 2.05) is 4.57 Å². The van der Waals surface area contributed by atoms with Crippen molar-refractivity contribution in [1.29, 1.82) is 0 Å². The predicted octanol–water partition coefficient (Wildman–Crippen LogP) is 7.22. The number of carbonyl (C=O) groups excluding carboxylic acids is 1. The summed E-state index contributed by atoms with van der Waals surface area (Å²) in [5, 5.41) is 4.60. The van der Waals surface area contributed by atoms with Gasteiger partial charge in [-0.2, -0.15) is 26.3 Å². The van der Waals surface area contributed by atoms with Crippen molar-refractivity contribution in [2.24, 2.45) is 5.16 Å². The number of hydrogen-bond donors (Lipinski definition) is 0. The van der Waals surface area contributed by atoms with E-state index in [1.54, 1.807) is 31.3 Å². The van der Waals surface area contributed by atoms with Gasteiger partial charge in [0.2, 0.25) is 0 Å². The molecule has 4 aromatic rings. The Hall–Kier alpha value is -4.48. The summed E-state index contributed by atoms with van der Waals surface area (Å²) in [7, 11) is 0. The van der Waals surface area contributed by atoms with Gasteiger partial charge in [-0.1, -0.05) is 29.4 Å². The minimum Gasteiger partial charge on any atom is -0.482 e. The summed E-state index contributed by atoms with van der Waals surface area (Å²) < 4.78 is 89.4. The molecule has 0 amide bonds. The highest BCUT2D eigenvalue weighted by molar-refractivity contribution is 6.00. The van der Waals surface area contributed by atoms with Gasteiger partial charge in [0.15, 0.2) is 6.61 Å². The number of carbonyl (C=O) groups is 1. The van der Waals surface area contributed by atoms with Gasteiger partial charge in [-0.3, -0.25) is 0 Å². The summed E-state index contributed by atoms with van der Waals surface area (Å²) in [6.07, 6.45) is -5.75. The molecule has 0 fully saturated rings. The highest BCUT2D eigenvalue weighted by Gasteiger charge is 2.30. The number of fused-ring (bicyclic) bond motifs is 1. The summed E-state index contributed by atoms with van der Waals surface area (Å²) in [4.78, 5) is 17.0. The van der Waals surface area contributed by atoms with Crippen LogP contribution < -0.4 is 4.74 Å². The molecular weight excluding hydrogens is 554 g/mol. The lowest BCUT2D eigenvalue weighted by atomic mass is 10.1. The fourth-order valence-electron chi connectivity index (χ4n) is 3.96. The van der Waals surface area contributed by atoms with Crippen LogP contribution >= 0.6 is 0 Å². The highest BCUT2D eigenvalue weighted by Crippen LogP contribution is 2.31. The third-order valence-corrected chi connectivity index (χ3v) is 5.96. The monoisotopic (exact) mass is 578 g/mol. The molecule has 3 aromatic carbocycles. The van der Waals surface area contributed by atoms with Crippen LogP contribution in [0.15, 0.2) is 78.1 Å². The minimum absolute atomic E-state index is 0.0767. The lowest BCUT2D eigenvalue weighted by Gasteiger charge is -2.10. The third-order valence-electron chi connectivity index (χ3n) is 5.96. The van der Waals surface area contributed by atoms with Crippen LogP contribution in [-0.4, -0.2) is 30.0 Å². The zero-order chi connectivity index (χ0) is 29.6. The normalized spacial score (nSPS) is 12.2. The van der Waals surface area contributed by atoms with Crippen LogP contribution in [0, 0.1) is 0 Å². The Balaban J connectivity index is 1.55. The summed E-state index contributed by atoms with van der Waals surface area (Å²) in [6, 6.07) is 14.4. The van der Waals surface area contributed by atoms with Crippen LogP contribution in [0.25, 0.3) is 10.9 Å². The van der Waals surface area contributed by atoms with Gasteiger partial charge in [0.05, 0.1) is 23.9 Å². The van der Waals surface area contributed by atoms with Crippen molar-refractivity contribution >= 4 is 23.1 Å². The second kappa shape index (κ2) is 12.4. The molecule has 0 spiro atoms. The standard InChI is InChI=1S/C29H24F6N2O4/c1-2-39-27(38)18-40-24-11-12-26-25(13-24)21(14-36-41-17-20-5-9-23(10-6-20)29(33,34)35)16-37(26)15-19-3-7-22(8-4-19)28(30,31)32/h3-14,16H,2,15,17-18H2,1H3. The number of hydrogen-bond acceptors (Lipinski definition) is 5. The number of rotatable bonds is 10. The molecule has 0 unspecified atom stereocenters. The van der Waals surface area contributed by atoms with Gasteiger partial charge < -0.3 is 18.9 Å². The van der Waals surface area contributed by atoms with Crippen LogP contribution in [0.4, 0.5) is 26.3 Å². The Morgan fingerprint density at radius 1 is 0.878 bits per heavy atom. The van der Waals surface area contributed by atoms with Crippen LogP contribution in [0.5, 0.6) is 5.75 Å². The Morgan fingerprint density at radius 2 is 1.49 bits per heavy atom. The van der Waals surface area contributed by atoms with Gasteiger partial charge in [0, 0.05) is 29.2 Å². The van der Waals surface area contributed by atoms with E-state index in [1.165, 1.54) is 30.5 Å². The summed E-state index contributed by atoms with van der Waals surface area (Å²) in [5.41, 5.74) is 0.860. The molecule has 0 aliphatic carbocycles. The lowest BCUT2D eigenvalue weighted by molar-refractivity contribution is -0.145. The summed E-state index contributed by atoms with van der Waals surface area (Å²) in [6.45, 7) is 1.76. The maximum absolute atomic E-state index is 13.0. The molecular formula is C29H24F6N2O4. The van der Waals surface area contributed by atoms with E-state index in [2.05, 4.69) is 5.16 Å². The molecule has 0 radical (unpaired) electrons. The average molecular weight is 579 g/mol. The molecule has 0 atom stereocenters. The highest BCUT2D eigenvalue weighted by atomic mass is 19.4. The number of aromatic nitrogens is 1. The number of ether oxygens (including phenoxy) is 2. The van der Waals surface area contributed by atoms with E-state index >= 15 is 0 Å². The van der Waals surface area contributed by atoms with Crippen molar-refractivity contribution in [3.8, 4) is 5.75 Å². The number of oxime groups is 1. The molecule has 1 heterocycles. The SMILES string of the molecule is CCOC(=O)COc1ccc2c(c1)c(C=NOCc1ccc(C(F)(F)F)cc1)cn2Cc1ccc(C(F)(F)F)cc1. The van der Waals surface area contributed by atoms with Gasteiger partial charge in [-0.15, -0.1) is 0 Å². The Bertz CT molecular complexity index is 1510. The second-order valence-electron chi connectivity index (χ2n) is 8.88. The van der Waals surface area contributed by atoms with E-state index in [0.29, 0.717) is 33.3 Å². The number of nitrogens with zero attached hydrogens (tertiary/aromatic N) is 2. The summed E-state index contributed by atoms with van der Waals surface area (Å²) in [5.74, 6) is -0.163. The topological polar surface area (TPSA) is 62.1 Å². The van der Waals surface area contributed by atoms with Gasteiger partial charge >= 0.3 is 18.3 Å². The first-order chi connectivity index (χ1) is 19.4. The van der Waals surface area contributed by atoms with Crippen LogP contribution in [0.2, 0.25) is 0 Å². The zero-order valence-corrected chi connectivity index (χ0v) is 21.6. The van der Waals surface area contributed by atoms with Crippen LogP contribution in [-0.2, 0) is 39.9 Å². The predicted molar refractivity (Wildman–Crippen MR) is 138 cm³/mol. The van der Waals surface area contributed by atoms with Crippen LogP contribution in [0.1, 0.15) is 34.7 Å². The smallest absolute Gasteiger partial charge is 0.416 e. The van der Waals surface area contributed by atoms with Crippen molar-refractivity contribution in [2.75, 3.05) is 13.2 Å².